The van der Waals surface area contributed by atoms with Crippen LogP contribution in [0.1, 0.15) is 57.9 Å². The normalized spacial score (nSPS) is 16.8. The Bertz CT molecular complexity index is 1170. The molecule has 0 spiro atoms. The van der Waals surface area contributed by atoms with Gasteiger partial charge in [0.15, 0.2) is 0 Å². The standard InChI is InChI=1S/C23H25N3O3S/c27-22-20-17-8-1-2-9-18(17)30-21(20)24-19(14-25-10-3-4-11-25)26(22)13-15-6-5-7-16(12-15)23(28)29/h5-7,12H,1-4,8-11,13-14H2,(H,28,29). The fourth-order valence-electron chi connectivity index (χ4n) is 4.69. The van der Waals surface area contributed by atoms with Crippen LogP contribution in [0.5, 0.6) is 0 Å². The van der Waals surface area contributed by atoms with Gasteiger partial charge in [0.25, 0.3) is 5.56 Å². The monoisotopic (exact) mass is 423 g/mol. The summed E-state index contributed by atoms with van der Waals surface area (Å²) in [7, 11) is 0. The number of rotatable bonds is 5. The molecule has 6 nitrogen and oxygen atoms in total. The average Bonchev–Trinajstić information content (AvgIpc) is 3.38. The van der Waals surface area contributed by atoms with Crippen molar-refractivity contribution in [3.05, 3.63) is 62.0 Å². The Hall–Kier alpha value is -2.51. The molecule has 2 aromatic heterocycles. The lowest BCUT2D eigenvalue weighted by molar-refractivity contribution is 0.0696. The van der Waals surface area contributed by atoms with Crippen LogP contribution < -0.4 is 5.56 Å². The van der Waals surface area contributed by atoms with Crippen LogP contribution in [0.15, 0.2) is 29.1 Å². The summed E-state index contributed by atoms with van der Waals surface area (Å²) in [5.74, 6) is -0.171. The molecule has 30 heavy (non-hydrogen) atoms. The molecular weight excluding hydrogens is 398 g/mol. The van der Waals surface area contributed by atoms with Gasteiger partial charge in [0, 0.05) is 4.88 Å². The van der Waals surface area contributed by atoms with E-state index < -0.39 is 5.97 Å². The van der Waals surface area contributed by atoms with E-state index in [4.69, 9.17) is 4.98 Å². The van der Waals surface area contributed by atoms with Gasteiger partial charge in [-0.1, -0.05) is 12.1 Å². The second-order valence-electron chi connectivity index (χ2n) is 8.30. The van der Waals surface area contributed by atoms with Crippen LogP contribution in [0.2, 0.25) is 0 Å². The third-order valence-electron chi connectivity index (χ3n) is 6.23. The van der Waals surface area contributed by atoms with Gasteiger partial charge in [0.05, 0.1) is 24.0 Å². The number of benzene rings is 1. The summed E-state index contributed by atoms with van der Waals surface area (Å²) in [6.45, 7) is 3.07. The highest BCUT2D eigenvalue weighted by atomic mass is 32.1. The van der Waals surface area contributed by atoms with Crippen LogP contribution in [0.3, 0.4) is 0 Å². The zero-order valence-corrected chi connectivity index (χ0v) is 17.7. The Morgan fingerprint density at radius 3 is 2.70 bits per heavy atom. The first-order chi connectivity index (χ1) is 14.6. The minimum atomic E-state index is -0.957. The Morgan fingerprint density at radius 2 is 1.90 bits per heavy atom. The Kier molecular flexibility index (Phi) is 5.16. The second kappa shape index (κ2) is 7.96. The molecule has 1 saturated heterocycles. The van der Waals surface area contributed by atoms with Crippen LogP contribution in [0.25, 0.3) is 10.2 Å². The van der Waals surface area contributed by atoms with Gasteiger partial charge in [-0.05, 0) is 74.9 Å². The molecular formula is C23H25N3O3S. The van der Waals surface area contributed by atoms with Crippen LogP contribution in [0.4, 0.5) is 0 Å². The van der Waals surface area contributed by atoms with Crippen molar-refractivity contribution in [2.45, 2.75) is 51.6 Å². The van der Waals surface area contributed by atoms with E-state index in [1.807, 2.05) is 6.07 Å². The predicted molar refractivity (Wildman–Crippen MR) is 118 cm³/mol. The second-order valence-corrected chi connectivity index (χ2v) is 9.38. The maximum atomic E-state index is 13.7. The number of carboxylic acids is 1. The number of carbonyl (C=O) groups is 1. The lowest BCUT2D eigenvalue weighted by Gasteiger charge is -2.19. The summed E-state index contributed by atoms with van der Waals surface area (Å²) >= 11 is 1.69. The van der Waals surface area contributed by atoms with Crippen LogP contribution in [0, 0.1) is 0 Å². The molecule has 1 fully saturated rings. The fourth-order valence-corrected chi connectivity index (χ4v) is 5.96. The highest BCUT2D eigenvalue weighted by Gasteiger charge is 2.23. The number of thiophene rings is 1. The minimum Gasteiger partial charge on any atom is -0.478 e. The third kappa shape index (κ3) is 3.56. The Morgan fingerprint density at radius 1 is 1.10 bits per heavy atom. The summed E-state index contributed by atoms with van der Waals surface area (Å²) in [4.78, 5) is 34.6. The molecule has 0 amide bonds. The van der Waals surface area contributed by atoms with Crippen molar-refractivity contribution in [2.75, 3.05) is 13.1 Å². The van der Waals surface area contributed by atoms with Crippen LogP contribution in [-0.2, 0) is 25.9 Å². The molecule has 3 heterocycles. The van der Waals surface area contributed by atoms with Crippen molar-refractivity contribution < 1.29 is 9.90 Å². The molecule has 156 valence electrons. The summed E-state index contributed by atoms with van der Waals surface area (Å²) in [5, 5.41) is 10.1. The maximum absolute atomic E-state index is 13.7. The maximum Gasteiger partial charge on any atom is 0.335 e. The number of hydrogen-bond acceptors (Lipinski definition) is 5. The first kappa shape index (κ1) is 19.5. The number of aryl methyl sites for hydroxylation is 2. The van der Waals surface area contributed by atoms with Crippen molar-refractivity contribution in [3.8, 4) is 0 Å². The molecule has 0 bridgehead atoms. The molecule has 2 aliphatic rings. The van der Waals surface area contributed by atoms with Crippen molar-refractivity contribution in [1.82, 2.24) is 14.5 Å². The molecule has 1 aromatic carbocycles. The van der Waals surface area contributed by atoms with Gasteiger partial charge >= 0.3 is 5.97 Å². The van der Waals surface area contributed by atoms with E-state index in [0.29, 0.717) is 13.1 Å². The average molecular weight is 424 g/mol. The largest absolute Gasteiger partial charge is 0.478 e. The van der Waals surface area contributed by atoms with Gasteiger partial charge in [-0.2, -0.15) is 0 Å². The van der Waals surface area contributed by atoms with Gasteiger partial charge in [-0.25, -0.2) is 9.78 Å². The summed E-state index contributed by atoms with van der Waals surface area (Å²) in [6, 6.07) is 6.85. The summed E-state index contributed by atoms with van der Waals surface area (Å²) in [5.41, 5.74) is 2.27. The fraction of sp³-hybridized carbons (Fsp3) is 0.435. The van der Waals surface area contributed by atoms with Gasteiger partial charge in [-0.3, -0.25) is 14.3 Å². The molecule has 5 rings (SSSR count). The molecule has 0 unspecified atom stereocenters. The summed E-state index contributed by atoms with van der Waals surface area (Å²) < 4.78 is 1.78. The number of aromatic nitrogens is 2. The number of nitrogens with zero attached hydrogens (tertiary/aromatic N) is 3. The minimum absolute atomic E-state index is 0.0225. The molecule has 0 saturated carbocycles. The molecule has 0 atom stereocenters. The highest BCUT2D eigenvalue weighted by Crippen LogP contribution is 2.34. The van der Waals surface area contributed by atoms with Crippen molar-refractivity contribution in [3.63, 3.8) is 0 Å². The van der Waals surface area contributed by atoms with E-state index >= 15 is 0 Å². The number of likely N-dealkylation sites (tertiary alicyclic amines) is 1. The van der Waals surface area contributed by atoms with Crippen molar-refractivity contribution >= 4 is 27.5 Å². The lowest BCUT2D eigenvalue weighted by atomic mass is 9.97. The van der Waals surface area contributed by atoms with Gasteiger partial charge < -0.3 is 5.11 Å². The van der Waals surface area contributed by atoms with Crippen molar-refractivity contribution in [2.24, 2.45) is 0 Å². The topological polar surface area (TPSA) is 75.4 Å². The van der Waals surface area contributed by atoms with E-state index in [1.54, 1.807) is 34.1 Å². The molecule has 1 N–H and O–H groups in total. The van der Waals surface area contributed by atoms with Gasteiger partial charge in [0.1, 0.15) is 10.7 Å². The van der Waals surface area contributed by atoms with E-state index in [9.17, 15) is 14.7 Å². The van der Waals surface area contributed by atoms with E-state index in [2.05, 4.69) is 4.90 Å². The van der Waals surface area contributed by atoms with E-state index in [0.717, 1.165) is 54.0 Å². The van der Waals surface area contributed by atoms with Crippen molar-refractivity contribution in [1.29, 1.82) is 0 Å². The zero-order valence-electron chi connectivity index (χ0n) is 16.9. The SMILES string of the molecule is O=C(O)c1cccc(Cn2c(CN3CCCC3)nc3sc4c(c3c2=O)CCCC4)c1. The molecule has 7 heteroatoms. The summed E-state index contributed by atoms with van der Waals surface area (Å²) in [6.07, 6.45) is 6.65. The van der Waals surface area contributed by atoms with E-state index in [-0.39, 0.29) is 11.1 Å². The Balaban J connectivity index is 1.63. The quantitative estimate of drug-likeness (QED) is 0.678. The number of hydrogen-bond donors (Lipinski definition) is 1. The van der Waals surface area contributed by atoms with E-state index in [1.165, 1.54) is 29.7 Å². The van der Waals surface area contributed by atoms with Gasteiger partial charge in [-0.15, -0.1) is 11.3 Å². The first-order valence-corrected chi connectivity index (χ1v) is 11.5. The molecule has 1 aliphatic heterocycles. The number of carboxylic acid groups (broad SMARTS) is 1. The number of fused-ring (bicyclic) bond motifs is 3. The smallest absolute Gasteiger partial charge is 0.335 e. The molecule has 3 aromatic rings. The zero-order chi connectivity index (χ0) is 20.7. The first-order valence-electron chi connectivity index (χ1n) is 10.7. The Labute approximate surface area is 178 Å². The van der Waals surface area contributed by atoms with Crippen LogP contribution in [-0.4, -0.2) is 38.6 Å². The lowest BCUT2D eigenvalue weighted by Crippen LogP contribution is -2.30. The highest BCUT2D eigenvalue weighted by molar-refractivity contribution is 7.18. The predicted octanol–water partition coefficient (Wildman–Crippen LogP) is 3.68. The third-order valence-corrected chi connectivity index (χ3v) is 7.42. The van der Waals surface area contributed by atoms with Gasteiger partial charge in [0.2, 0.25) is 0 Å². The number of aromatic carboxylic acids is 1. The van der Waals surface area contributed by atoms with Crippen LogP contribution >= 0.6 is 11.3 Å². The molecule has 1 aliphatic carbocycles. The molecule has 0 radical (unpaired) electrons.